The molecule has 1 amide bonds. The number of anilines is 1. The van der Waals surface area contributed by atoms with Crippen molar-refractivity contribution in [2.24, 2.45) is 0 Å². The number of furan rings is 1. The van der Waals surface area contributed by atoms with Gasteiger partial charge in [-0.2, -0.15) is 15.0 Å². The molecular weight excluding hydrogens is 378 g/mol. The molecule has 0 bridgehead atoms. The Kier molecular flexibility index (Phi) is 5.29. The van der Waals surface area contributed by atoms with Gasteiger partial charge in [-0.15, -0.1) is 0 Å². The zero-order chi connectivity index (χ0) is 16.9. The van der Waals surface area contributed by atoms with Gasteiger partial charge in [0.1, 0.15) is 0 Å². The number of carbonyl (C=O) groups excluding carboxylic acids is 1. The predicted octanol–water partition coefficient (Wildman–Crippen LogP) is 2.16. The van der Waals surface area contributed by atoms with Gasteiger partial charge in [0, 0.05) is 13.1 Å². The van der Waals surface area contributed by atoms with Gasteiger partial charge in [-0.25, -0.2) is 0 Å². The summed E-state index contributed by atoms with van der Waals surface area (Å²) in [4.78, 5) is 27.1. The van der Waals surface area contributed by atoms with Crippen LogP contribution in [0.5, 0.6) is 6.01 Å². The molecule has 2 aromatic rings. The molecule has 0 spiro atoms. The minimum Gasteiger partial charge on any atom is -0.467 e. The number of aromatic nitrogens is 3. The van der Waals surface area contributed by atoms with Crippen molar-refractivity contribution >= 4 is 27.8 Å². The van der Waals surface area contributed by atoms with Crippen LogP contribution in [0.4, 0.5) is 5.95 Å². The number of nitrogens with zero attached hydrogens (tertiary/aromatic N) is 4. The SMILES string of the molecule is COc1nc(CNC(=O)c2ccc(Br)o2)nc(N2CCCCC2)n1. The van der Waals surface area contributed by atoms with Crippen molar-refractivity contribution in [1.29, 1.82) is 0 Å². The molecule has 0 aliphatic carbocycles. The molecule has 3 heterocycles. The van der Waals surface area contributed by atoms with Gasteiger partial charge in [0.25, 0.3) is 5.91 Å². The Morgan fingerprint density at radius 2 is 2.08 bits per heavy atom. The second kappa shape index (κ2) is 7.61. The fourth-order valence-electron chi connectivity index (χ4n) is 2.47. The van der Waals surface area contributed by atoms with Crippen molar-refractivity contribution in [1.82, 2.24) is 20.3 Å². The van der Waals surface area contributed by atoms with Crippen molar-refractivity contribution in [3.8, 4) is 6.01 Å². The number of methoxy groups -OCH3 is 1. The molecule has 128 valence electrons. The van der Waals surface area contributed by atoms with E-state index in [1.54, 1.807) is 12.1 Å². The van der Waals surface area contributed by atoms with E-state index in [1.165, 1.54) is 13.5 Å². The molecule has 1 aliphatic rings. The van der Waals surface area contributed by atoms with Crippen LogP contribution in [0.2, 0.25) is 0 Å². The molecule has 8 nitrogen and oxygen atoms in total. The number of halogens is 1. The minimum absolute atomic E-state index is 0.164. The van der Waals surface area contributed by atoms with E-state index in [1.807, 2.05) is 0 Å². The van der Waals surface area contributed by atoms with Crippen LogP contribution < -0.4 is 15.0 Å². The highest BCUT2D eigenvalue weighted by Crippen LogP contribution is 2.18. The van der Waals surface area contributed by atoms with Crippen molar-refractivity contribution in [3.05, 3.63) is 28.4 Å². The topological polar surface area (TPSA) is 93.4 Å². The number of ether oxygens (including phenoxy) is 1. The van der Waals surface area contributed by atoms with E-state index in [9.17, 15) is 4.79 Å². The average molecular weight is 396 g/mol. The largest absolute Gasteiger partial charge is 0.467 e. The molecule has 9 heteroatoms. The molecule has 1 aliphatic heterocycles. The molecule has 24 heavy (non-hydrogen) atoms. The van der Waals surface area contributed by atoms with Crippen molar-refractivity contribution in [2.75, 3.05) is 25.1 Å². The van der Waals surface area contributed by atoms with Crippen LogP contribution in [0.1, 0.15) is 35.6 Å². The van der Waals surface area contributed by atoms with Gasteiger partial charge in [0.05, 0.1) is 13.7 Å². The maximum atomic E-state index is 12.0. The Balaban J connectivity index is 1.71. The summed E-state index contributed by atoms with van der Waals surface area (Å²) in [7, 11) is 1.51. The molecule has 0 radical (unpaired) electrons. The smallest absolute Gasteiger partial charge is 0.321 e. The minimum atomic E-state index is -0.334. The molecule has 0 saturated carbocycles. The third kappa shape index (κ3) is 4.02. The van der Waals surface area contributed by atoms with Gasteiger partial charge in [-0.05, 0) is 47.3 Å². The van der Waals surface area contributed by atoms with Gasteiger partial charge in [-0.1, -0.05) is 0 Å². The second-order valence-corrected chi connectivity index (χ2v) is 6.15. The van der Waals surface area contributed by atoms with Crippen LogP contribution in [-0.2, 0) is 6.54 Å². The summed E-state index contributed by atoms with van der Waals surface area (Å²) in [6.45, 7) is 2.00. The normalized spacial score (nSPS) is 14.5. The number of hydrogen-bond acceptors (Lipinski definition) is 7. The first-order chi connectivity index (χ1) is 11.7. The Morgan fingerprint density at radius 1 is 1.29 bits per heavy atom. The maximum absolute atomic E-state index is 12.0. The summed E-state index contributed by atoms with van der Waals surface area (Å²) < 4.78 is 10.9. The molecule has 0 atom stereocenters. The first-order valence-corrected chi connectivity index (χ1v) is 8.52. The third-order valence-corrected chi connectivity index (χ3v) is 4.10. The lowest BCUT2D eigenvalue weighted by Gasteiger charge is -2.26. The molecule has 1 N–H and O–H groups in total. The lowest BCUT2D eigenvalue weighted by molar-refractivity contribution is 0.0920. The molecule has 2 aromatic heterocycles. The molecular formula is C15H18BrN5O3. The first kappa shape index (κ1) is 16.7. The van der Waals surface area contributed by atoms with Gasteiger partial charge in [0.15, 0.2) is 16.3 Å². The summed E-state index contributed by atoms with van der Waals surface area (Å²) in [6, 6.07) is 3.50. The fourth-order valence-corrected chi connectivity index (χ4v) is 2.78. The van der Waals surface area contributed by atoms with E-state index in [4.69, 9.17) is 9.15 Å². The van der Waals surface area contributed by atoms with E-state index in [0.717, 1.165) is 25.9 Å². The molecule has 1 fully saturated rings. The van der Waals surface area contributed by atoms with Crippen molar-refractivity contribution in [2.45, 2.75) is 25.8 Å². The van der Waals surface area contributed by atoms with Gasteiger partial charge in [0.2, 0.25) is 5.95 Å². The third-order valence-electron chi connectivity index (χ3n) is 3.67. The van der Waals surface area contributed by atoms with Crippen LogP contribution in [-0.4, -0.2) is 41.1 Å². The molecule has 1 saturated heterocycles. The van der Waals surface area contributed by atoms with Crippen LogP contribution in [0.3, 0.4) is 0 Å². The van der Waals surface area contributed by atoms with Crippen LogP contribution >= 0.6 is 15.9 Å². The summed E-state index contributed by atoms with van der Waals surface area (Å²) in [5.74, 6) is 0.923. The van der Waals surface area contributed by atoms with Crippen LogP contribution in [0.15, 0.2) is 21.2 Å². The Hall–Kier alpha value is -2.16. The summed E-state index contributed by atoms with van der Waals surface area (Å²) in [5, 5.41) is 2.73. The number of carbonyl (C=O) groups is 1. The summed E-state index contributed by atoms with van der Waals surface area (Å²) in [5.41, 5.74) is 0. The van der Waals surface area contributed by atoms with Crippen LogP contribution in [0, 0.1) is 0 Å². The molecule has 3 rings (SSSR count). The van der Waals surface area contributed by atoms with Crippen LogP contribution in [0.25, 0.3) is 0 Å². The standard InChI is InChI=1S/C15H18BrN5O3/c1-23-15-19-12(9-17-13(22)10-5-6-11(16)24-10)18-14(20-15)21-7-3-2-4-8-21/h5-6H,2-4,7-9H2,1H3,(H,17,22). The van der Waals surface area contributed by atoms with Crippen molar-refractivity contribution < 1.29 is 13.9 Å². The lowest BCUT2D eigenvalue weighted by Crippen LogP contribution is -2.32. The van der Waals surface area contributed by atoms with E-state index in [0.29, 0.717) is 16.4 Å². The molecule has 0 unspecified atom stereocenters. The highest BCUT2D eigenvalue weighted by Gasteiger charge is 2.17. The first-order valence-electron chi connectivity index (χ1n) is 7.73. The van der Waals surface area contributed by atoms with E-state index in [-0.39, 0.29) is 24.2 Å². The predicted molar refractivity (Wildman–Crippen MR) is 90.0 cm³/mol. The van der Waals surface area contributed by atoms with Gasteiger partial charge in [-0.3, -0.25) is 4.79 Å². The van der Waals surface area contributed by atoms with Crippen molar-refractivity contribution in [3.63, 3.8) is 0 Å². The highest BCUT2D eigenvalue weighted by molar-refractivity contribution is 9.10. The maximum Gasteiger partial charge on any atom is 0.321 e. The van der Waals surface area contributed by atoms with Gasteiger partial charge >= 0.3 is 6.01 Å². The summed E-state index contributed by atoms with van der Waals surface area (Å²) in [6.07, 6.45) is 3.46. The average Bonchev–Trinajstić information content (AvgIpc) is 3.06. The Bertz CT molecular complexity index is 715. The molecule has 0 aromatic carbocycles. The Morgan fingerprint density at radius 3 is 2.75 bits per heavy atom. The number of piperidine rings is 1. The van der Waals surface area contributed by atoms with E-state index >= 15 is 0 Å². The number of amides is 1. The fraction of sp³-hybridized carbons (Fsp3) is 0.467. The number of rotatable bonds is 5. The monoisotopic (exact) mass is 395 g/mol. The zero-order valence-electron chi connectivity index (χ0n) is 13.3. The Labute approximate surface area is 147 Å². The number of hydrogen-bond donors (Lipinski definition) is 1. The quantitative estimate of drug-likeness (QED) is 0.828. The number of nitrogens with one attached hydrogen (secondary N) is 1. The van der Waals surface area contributed by atoms with E-state index < -0.39 is 0 Å². The lowest BCUT2D eigenvalue weighted by atomic mass is 10.1. The van der Waals surface area contributed by atoms with E-state index in [2.05, 4.69) is 41.1 Å². The second-order valence-electron chi connectivity index (χ2n) is 5.37. The zero-order valence-corrected chi connectivity index (χ0v) is 14.9. The van der Waals surface area contributed by atoms with Gasteiger partial charge < -0.3 is 19.4 Å². The summed E-state index contributed by atoms with van der Waals surface area (Å²) >= 11 is 3.17. The highest BCUT2D eigenvalue weighted by atomic mass is 79.9.